The molecule has 0 heterocycles. The molecule has 0 aromatic heterocycles. The van der Waals surface area contributed by atoms with Crippen LogP contribution in [0.1, 0.15) is 43.9 Å². The molecule has 0 aliphatic rings. The summed E-state index contributed by atoms with van der Waals surface area (Å²) >= 11 is 5.93. The zero-order valence-corrected chi connectivity index (χ0v) is 16.0. The molecule has 25 heavy (non-hydrogen) atoms. The maximum atomic E-state index is 12.2. The Balaban J connectivity index is 2.15. The second-order valence-corrected chi connectivity index (χ2v) is 6.75. The maximum Gasteiger partial charge on any atom is 0.350 e. The van der Waals surface area contributed by atoms with Crippen molar-refractivity contribution in [1.29, 1.82) is 0 Å². The third-order valence-electron chi connectivity index (χ3n) is 4.28. The summed E-state index contributed by atoms with van der Waals surface area (Å²) in [5.41, 5.74) is 2.40. The molecule has 0 amide bonds. The van der Waals surface area contributed by atoms with Gasteiger partial charge in [-0.25, -0.2) is 4.79 Å². The van der Waals surface area contributed by atoms with Gasteiger partial charge in [-0.15, -0.1) is 0 Å². The first kappa shape index (κ1) is 19.3. The lowest BCUT2D eigenvalue weighted by atomic mass is 10.0. The molecule has 134 valence electrons. The number of ether oxygens (including phenoxy) is 2. The van der Waals surface area contributed by atoms with Crippen molar-refractivity contribution < 1.29 is 14.3 Å². The Labute approximate surface area is 154 Å². The highest BCUT2D eigenvalue weighted by atomic mass is 35.5. The molecular formula is C21H25ClO3. The molecule has 0 saturated carbocycles. The van der Waals surface area contributed by atoms with Crippen molar-refractivity contribution in [2.45, 2.75) is 46.1 Å². The van der Waals surface area contributed by atoms with E-state index in [2.05, 4.69) is 6.07 Å². The zero-order chi connectivity index (χ0) is 18.4. The molecule has 0 fully saturated rings. The van der Waals surface area contributed by atoms with E-state index in [-0.39, 0.29) is 5.97 Å². The molecule has 0 saturated heterocycles. The number of halogens is 1. The standard InChI is InChI=1S/C21H25ClO3/c1-5-21(4,20(23)24-6-2)25-19-12-9-17(13-15(19)3)14-16-7-10-18(22)11-8-16/h7-13H,5-6,14H2,1-4H3. The van der Waals surface area contributed by atoms with E-state index < -0.39 is 5.60 Å². The van der Waals surface area contributed by atoms with Crippen LogP contribution in [0.25, 0.3) is 0 Å². The van der Waals surface area contributed by atoms with Crippen molar-refractivity contribution in [3.05, 3.63) is 64.2 Å². The van der Waals surface area contributed by atoms with Gasteiger partial charge in [-0.3, -0.25) is 0 Å². The summed E-state index contributed by atoms with van der Waals surface area (Å²) in [5.74, 6) is 0.374. The molecule has 0 radical (unpaired) electrons. The summed E-state index contributed by atoms with van der Waals surface area (Å²) in [4.78, 5) is 12.2. The Morgan fingerprint density at radius 3 is 2.28 bits per heavy atom. The molecule has 2 aromatic carbocycles. The zero-order valence-electron chi connectivity index (χ0n) is 15.3. The average Bonchev–Trinajstić information content (AvgIpc) is 2.59. The fourth-order valence-electron chi connectivity index (χ4n) is 2.56. The monoisotopic (exact) mass is 360 g/mol. The second kappa shape index (κ2) is 8.39. The van der Waals surface area contributed by atoms with Gasteiger partial charge in [0.05, 0.1) is 6.61 Å². The molecule has 0 aliphatic heterocycles. The van der Waals surface area contributed by atoms with E-state index in [1.54, 1.807) is 13.8 Å². The maximum absolute atomic E-state index is 12.2. The van der Waals surface area contributed by atoms with Gasteiger partial charge in [0.25, 0.3) is 0 Å². The van der Waals surface area contributed by atoms with Gasteiger partial charge in [-0.1, -0.05) is 42.8 Å². The van der Waals surface area contributed by atoms with Crippen LogP contribution in [0.5, 0.6) is 5.75 Å². The first-order valence-corrected chi connectivity index (χ1v) is 8.96. The lowest BCUT2D eigenvalue weighted by Gasteiger charge is -2.28. The number of aryl methyl sites for hydroxylation is 1. The quantitative estimate of drug-likeness (QED) is 0.624. The highest BCUT2D eigenvalue weighted by Gasteiger charge is 2.35. The van der Waals surface area contributed by atoms with Crippen LogP contribution >= 0.6 is 11.6 Å². The van der Waals surface area contributed by atoms with Gasteiger partial charge < -0.3 is 9.47 Å². The minimum Gasteiger partial charge on any atom is -0.476 e. The predicted octanol–water partition coefficient (Wildman–Crippen LogP) is 5.35. The smallest absolute Gasteiger partial charge is 0.350 e. The van der Waals surface area contributed by atoms with Gasteiger partial charge >= 0.3 is 5.97 Å². The van der Waals surface area contributed by atoms with E-state index in [1.807, 2.05) is 50.2 Å². The van der Waals surface area contributed by atoms with Gasteiger partial charge in [0.1, 0.15) is 5.75 Å². The Bertz CT molecular complexity index is 724. The number of hydrogen-bond donors (Lipinski definition) is 0. The Morgan fingerprint density at radius 2 is 1.72 bits per heavy atom. The van der Waals surface area contributed by atoms with Gasteiger partial charge in [-0.2, -0.15) is 0 Å². The molecule has 2 rings (SSSR count). The number of esters is 1. The summed E-state index contributed by atoms with van der Waals surface area (Å²) in [5, 5.41) is 0.737. The fraction of sp³-hybridized carbons (Fsp3) is 0.381. The third kappa shape index (κ3) is 4.99. The number of hydrogen-bond acceptors (Lipinski definition) is 3. The predicted molar refractivity (Wildman–Crippen MR) is 101 cm³/mol. The SMILES string of the molecule is CCOC(=O)C(C)(CC)Oc1ccc(Cc2ccc(Cl)cc2)cc1C. The minimum atomic E-state index is -0.974. The van der Waals surface area contributed by atoms with Crippen molar-refractivity contribution in [1.82, 2.24) is 0 Å². The van der Waals surface area contributed by atoms with Gasteiger partial charge in [-0.05, 0) is 68.5 Å². The topological polar surface area (TPSA) is 35.5 Å². The summed E-state index contributed by atoms with van der Waals surface area (Å²) < 4.78 is 11.2. The summed E-state index contributed by atoms with van der Waals surface area (Å²) in [6, 6.07) is 13.9. The van der Waals surface area contributed by atoms with Crippen molar-refractivity contribution in [2.75, 3.05) is 6.61 Å². The Morgan fingerprint density at radius 1 is 1.08 bits per heavy atom. The van der Waals surface area contributed by atoms with E-state index in [1.165, 1.54) is 11.1 Å². The number of rotatable bonds is 7. The number of carbonyl (C=O) groups is 1. The van der Waals surface area contributed by atoms with E-state index in [0.717, 1.165) is 17.0 Å². The van der Waals surface area contributed by atoms with Gasteiger partial charge in [0.2, 0.25) is 5.60 Å². The molecule has 2 aromatic rings. The van der Waals surface area contributed by atoms with Crippen LogP contribution in [-0.2, 0) is 16.0 Å². The van der Waals surface area contributed by atoms with Crippen molar-refractivity contribution in [3.8, 4) is 5.75 Å². The van der Waals surface area contributed by atoms with Crippen molar-refractivity contribution in [2.24, 2.45) is 0 Å². The summed E-state index contributed by atoms with van der Waals surface area (Å²) in [6.07, 6.45) is 1.36. The second-order valence-electron chi connectivity index (χ2n) is 6.31. The van der Waals surface area contributed by atoms with Crippen LogP contribution in [0.15, 0.2) is 42.5 Å². The molecule has 4 heteroatoms. The molecular weight excluding hydrogens is 336 g/mol. The Kier molecular flexibility index (Phi) is 6.49. The van der Waals surface area contributed by atoms with Crippen LogP contribution < -0.4 is 4.74 Å². The van der Waals surface area contributed by atoms with E-state index in [4.69, 9.17) is 21.1 Å². The first-order valence-electron chi connectivity index (χ1n) is 8.58. The van der Waals surface area contributed by atoms with Crippen LogP contribution in [0, 0.1) is 6.92 Å². The number of benzene rings is 2. The van der Waals surface area contributed by atoms with Crippen molar-refractivity contribution >= 4 is 17.6 Å². The molecule has 0 bridgehead atoms. The molecule has 1 unspecified atom stereocenters. The Hall–Kier alpha value is -2.00. The first-order chi connectivity index (χ1) is 11.9. The largest absolute Gasteiger partial charge is 0.476 e. The van der Waals surface area contributed by atoms with E-state index in [0.29, 0.717) is 18.8 Å². The minimum absolute atomic E-state index is 0.331. The lowest BCUT2D eigenvalue weighted by molar-refractivity contribution is -0.160. The lowest BCUT2D eigenvalue weighted by Crippen LogP contribution is -2.42. The fourth-order valence-corrected chi connectivity index (χ4v) is 2.68. The molecule has 0 spiro atoms. The highest BCUT2D eigenvalue weighted by molar-refractivity contribution is 6.30. The van der Waals surface area contributed by atoms with E-state index >= 15 is 0 Å². The third-order valence-corrected chi connectivity index (χ3v) is 4.53. The number of carbonyl (C=O) groups excluding carboxylic acids is 1. The molecule has 1 atom stereocenters. The molecule has 0 N–H and O–H groups in total. The van der Waals surface area contributed by atoms with Crippen molar-refractivity contribution in [3.63, 3.8) is 0 Å². The summed E-state index contributed by atoms with van der Waals surface area (Å²) in [7, 11) is 0. The van der Waals surface area contributed by atoms with Crippen LogP contribution in [0.4, 0.5) is 0 Å². The van der Waals surface area contributed by atoms with Crippen LogP contribution in [-0.4, -0.2) is 18.2 Å². The molecule has 3 nitrogen and oxygen atoms in total. The van der Waals surface area contributed by atoms with Gasteiger partial charge in [0, 0.05) is 5.02 Å². The molecule has 0 aliphatic carbocycles. The van der Waals surface area contributed by atoms with Crippen LogP contribution in [0.2, 0.25) is 5.02 Å². The summed E-state index contributed by atoms with van der Waals surface area (Å²) in [6.45, 7) is 7.82. The van der Waals surface area contributed by atoms with Gasteiger partial charge in [0.15, 0.2) is 0 Å². The normalized spacial score (nSPS) is 13.2. The van der Waals surface area contributed by atoms with Crippen LogP contribution in [0.3, 0.4) is 0 Å². The average molecular weight is 361 g/mol. The van der Waals surface area contributed by atoms with E-state index in [9.17, 15) is 4.79 Å². The highest BCUT2D eigenvalue weighted by Crippen LogP contribution is 2.27.